The van der Waals surface area contributed by atoms with Gasteiger partial charge in [0.1, 0.15) is 5.75 Å². The fraction of sp³-hybridized carbons (Fsp3) is 0.571. The van der Waals surface area contributed by atoms with Crippen LogP contribution >= 0.6 is 31.9 Å². The van der Waals surface area contributed by atoms with Crippen molar-refractivity contribution >= 4 is 31.9 Å². The highest BCUT2D eigenvalue weighted by Gasteiger charge is 2.27. The van der Waals surface area contributed by atoms with Gasteiger partial charge in [0.25, 0.3) is 0 Å². The zero-order valence-corrected chi connectivity index (χ0v) is 14.0. The molecule has 2 nitrogen and oxygen atoms in total. The van der Waals surface area contributed by atoms with Crippen LogP contribution < -0.4 is 10.1 Å². The van der Waals surface area contributed by atoms with Gasteiger partial charge in [-0.15, -0.1) is 0 Å². The van der Waals surface area contributed by atoms with Crippen LogP contribution in [-0.4, -0.2) is 12.6 Å². The molecule has 1 N–H and O–H groups in total. The Kier molecular flexibility index (Phi) is 5.10. The molecule has 100 valence electrons. The van der Waals surface area contributed by atoms with Crippen LogP contribution in [0.2, 0.25) is 0 Å². The fourth-order valence-corrected chi connectivity index (χ4v) is 3.51. The van der Waals surface area contributed by atoms with Gasteiger partial charge in [-0.3, -0.25) is 0 Å². The Hall–Kier alpha value is -0.0600. The van der Waals surface area contributed by atoms with Crippen molar-refractivity contribution in [3.05, 3.63) is 26.6 Å². The van der Waals surface area contributed by atoms with E-state index in [0.29, 0.717) is 12.6 Å². The minimum atomic E-state index is 0.595. The van der Waals surface area contributed by atoms with E-state index in [1.165, 1.54) is 18.4 Å². The van der Waals surface area contributed by atoms with E-state index in [4.69, 9.17) is 4.74 Å². The van der Waals surface area contributed by atoms with Gasteiger partial charge in [-0.1, -0.05) is 15.9 Å². The number of ether oxygens (including phenoxy) is 1. The van der Waals surface area contributed by atoms with Gasteiger partial charge in [0.15, 0.2) is 0 Å². The highest BCUT2D eigenvalue weighted by molar-refractivity contribution is 9.11. The van der Waals surface area contributed by atoms with Crippen molar-refractivity contribution in [1.82, 2.24) is 5.32 Å². The van der Waals surface area contributed by atoms with E-state index >= 15 is 0 Å². The molecule has 1 saturated carbocycles. The minimum Gasteiger partial charge on any atom is -0.492 e. The molecular formula is C14H19Br2NO. The second-order valence-corrected chi connectivity index (χ2v) is 6.59. The van der Waals surface area contributed by atoms with Crippen molar-refractivity contribution in [3.8, 4) is 5.75 Å². The molecule has 0 heterocycles. The highest BCUT2D eigenvalue weighted by atomic mass is 79.9. The SMILES string of the molecule is CCOc1c(Br)cc(Br)cc1CNC(C)C1CC1. The Morgan fingerprint density at radius 1 is 1.39 bits per heavy atom. The molecule has 0 aliphatic heterocycles. The van der Waals surface area contributed by atoms with Crippen LogP contribution in [0.25, 0.3) is 0 Å². The van der Waals surface area contributed by atoms with Crippen LogP contribution in [0.15, 0.2) is 21.1 Å². The predicted molar refractivity (Wildman–Crippen MR) is 82.0 cm³/mol. The van der Waals surface area contributed by atoms with Crippen molar-refractivity contribution < 1.29 is 4.74 Å². The van der Waals surface area contributed by atoms with Crippen LogP contribution in [0.1, 0.15) is 32.3 Å². The maximum atomic E-state index is 5.72. The third kappa shape index (κ3) is 3.72. The first-order chi connectivity index (χ1) is 8.61. The molecule has 0 spiro atoms. The molecule has 0 bridgehead atoms. The second-order valence-electron chi connectivity index (χ2n) is 4.82. The van der Waals surface area contributed by atoms with Gasteiger partial charge in [-0.05, 0) is 60.7 Å². The third-order valence-electron chi connectivity index (χ3n) is 3.32. The average Bonchev–Trinajstić information content (AvgIpc) is 3.14. The lowest BCUT2D eigenvalue weighted by Gasteiger charge is -2.17. The van der Waals surface area contributed by atoms with E-state index in [0.717, 1.165) is 27.2 Å². The quantitative estimate of drug-likeness (QED) is 0.789. The molecule has 1 aromatic rings. The summed E-state index contributed by atoms with van der Waals surface area (Å²) >= 11 is 7.10. The second kappa shape index (κ2) is 6.40. The summed E-state index contributed by atoms with van der Waals surface area (Å²) in [4.78, 5) is 0. The summed E-state index contributed by atoms with van der Waals surface area (Å²) in [5.41, 5.74) is 1.20. The van der Waals surface area contributed by atoms with Crippen molar-refractivity contribution in [2.24, 2.45) is 5.92 Å². The maximum Gasteiger partial charge on any atom is 0.138 e. The zero-order valence-electron chi connectivity index (χ0n) is 10.8. The van der Waals surface area contributed by atoms with Gasteiger partial charge < -0.3 is 10.1 Å². The molecule has 0 radical (unpaired) electrons. The van der Waals surface area contributed by atoms with Crippen LogP contribution in [0, 0.1) is 5.92 Å². The summed E-state index contributed by atoms with van der Waals surface area (Å²) < 4.78 is 7.81. The van der Waals surface area contributed by atoms with Gasteiger partial charge >= 0.3 is 0 Å². The van der Waals surface area contributed by atoms with E-state index < -0.39 is 0 Å². The van der Waals surface area contributed by atoms with E-state index in [1.54, 1.807) is 0 Å². The molecule has 2 rings (SSSR count). The monoisotopic (exact) mass is 375 g/mol. The summed E-state index contributed by atoms with van der Waals surface area (Å²) in [6, 6.07) is 4.75. The number of benzene rings is 1. The van der Waals surface area contributed by atoms with Gasteiger partial charge in [-0.25, -0.2) is 0 Å². The maximum absolute atomic E-state index is 5.72. The van der Waals surface area contributed by atoms with Crippen molar-refractivity contribution in [2.45, 2.75) is 39.3 Å². The summed E-state index contributed by atoms with van der Waals surface area (Å²) in [5, 5.41) is 3.59. The van der Waals surface area contributed by atoms with Crippen LogP contribution in [0.3, 0.4) is 0 Å². The first-order valence-corrected chi connectivity index (χ1v) is 8.04. The summed E-state index contributed by atoms with van der Waals surface area (Å²) in [6.45, 7) is 5.82. The molecule has 1 unspecified atom stereocenters. The number of hydrogen-bond acceptors (Lipinski definition) is 2. The molecule has 0 amide bonds. The zero-order chi connectivity index (χ0) is 13.1. The average molecular weight is 377 g/mol. The number of halogens is 2. The highest BCUT2D eigenvalue weighted by Crippen LogP contribution is 2.35. The van der Waals surface area contributed by atoms with Crippen molar-refractivity contribution in [3.63, 3.8) is 0 Å². The van der Waals surface area contributed by atoms with Crippen molar-refractivity contribution in [2.75, 3.05) is 6.61 Å². The standard InChI is InChI=1S/C14H19Br2NO/c1-3-18-14-11(6-12(15)7-13(14)16)8-17-9(2)10-4-5-10/h6-7,9-10,17H,3-5,8H2,1-2H3. The summed E-state index contributed by atoms with van der Waals surface area (Å²) in [5.74, 6) is 1.83. The first-order valence-electron chi connectivity index (χ1n) is 6.46. The lowest BCUT2D eigenvalue weighted by atomic mass is 10.1. The van der Waals surface area contributed by atoms with E-state index in [-0.39, 0.29) is 0 Å². The topological polar surface area (TPSA) is 21.3 Å². The van der Waals surface area contributed by atoms with Gasteiger partial charge in [0, 0.05) is 22.6 Å². The Morgan fingerprint density at radius 2 is 2.11 bits per heavy atom. The molecule has 1 fully saturated rings. The third-order valence-corrected chi connectivity index (χ3v) is 4.36. The molecule has 1 aliphatic carbocycles. The first kappa shape index (κ1) is 14.4. The van der Waals surface area contributed by atoms with Gasteiger partial charge in [0.2, 0.25) is 0 Å². The van der Waals surface area contributed by atoms with Crippen LogP contribution in [0.5, 0.6) is 5.75 Å². The van der Waals surface area contributed by atoms with Gasteiger partial charge in [-0.2, -0.15) is 0 Å². The minimum absolute atomic E-state index is 0.595. The molecule has 1 atom stereocenters. The predicted octanol–water partition coefficient (Wildman–Crippen LogP) is 4.50. The van der Waals surface area contributed by atoms with Crippen LogP contribution in [-0.2, 0) is 6.54 Å². The van der Waals surface area contributed by atoms with E-state index in [2.05, 4.69) is 50.2 Å². The fourth-order valence-electron chi connectivity index (χ4n) is 2.08. The summed E-state index contributed by atoms with van der Waals surface area (Å²) in [6.07, 6.45) is 2.74. The van der Waals surface area contributed by atoms with E-state index in [1.807, 2.05) is 13.0 Å². The molecule has 1 aliphatic rings. The van der Waals surface area contributed by atoms with Crippen molar-refractivity contribution in [1.29, 1.82) is 0 Å². The normalized spacial score (nSPS) is 16.7. The number of nitrogens with one attached hydrogen (secondary N) is 1. The molecule has 0 aromatic heterocycles. The largest absolute Gasteiger partial charge is 0.492 e. The smallest absolute Gasteiger partial charge is 0.138 e. The molecule has 0 saturated heterocycles. The molecule has 1 aromatic carbocycles. The Morgan fingerprint density at radius 3 is 2.72 bits per heavy atom. The molecular weight excluding hydrogens is 358 g/mol. The summed E-state index contributed by atoms with van der Waals surface area (Å²) in [7, 11) is 0. The van der Waals surface area contributed by atoms with Gasteiger partial charge in [0.05, 0.1) is 11.1 Å². The Labute approximate surface area is 126 Å². The van der Waals surface area contributed by atoms with E-state index in [9.17, 15) is 0 Å². The van der Waals surface area contributed by atoms with Crippen LogP contribution in [0.4, 0.5) is 0 Å². The lowest BCUT2D eigenvalue weighted by Crippen LogP contribution is -2.27. The lowest BCUT2D eigenvalue weighted by molar-refractivity contribution is 0.332. The molecule has 4 heteroatoms. The Balaban J connectivity index is 2.08. The number of rotatable bonds is 6. The number of hydrogen-bond donors (Lipinski definition) is 1. The Bertz CT molecular complexity index is 419. The molecule has 18 heavy (non-hydrogen) atoms.